The minimum Gasteiger partial charge on any atom is -0.481 e. The van der Waals surface area contributed by atoms with Crippen LogP contribution in [0.3, 0.4) is 0 Å². The van der Waals surface area contributed by atoms with Crippen LogP contribution in [0, 0.1) is 18.8 Å². The van der Waals surface area contributed by atoms with Crippen LogP contribution in [0.25, 0.3) is 0 Å². The van der Waals surface area contributed by atoms with E-state index in [1.165, 1.54) is 0 Å². The van der Waals surface area contributed by atoms with Crippen molar-refractivity contribution >= 4 is 11.9 Å². The zero-order valence-electron chi connectivity index (χ0n) is 11.7. The molecule has 1 fully saturated rings. The molecule has 2 N–H and O–H groups in total. The van der Waals surface area contributed by atoms with Crippen molar-refractivity contribution < 1.29 is 14.7 Å². The highest BCUT2D eigenvalue weighted by Crippen LogP contribution is 2.29. The van der Waals surface area contributed by atoms with Gasteiger partial charge in [0.15, 0.2) is 0 Å². The summed E-state index contributed by atoms with van der Waals surface area (Å²) in [4.78, 5) is 27.2. The lowest BCUT2D eigenvalue weighted by Crippen LogP contribution is -2.36. The Kier molecular flexibility index (Phi) is 4.76. The Labute approximate surface area is 118 Å². The third-order valence-electron chi connectivity index (χ3n) is 3.97. The Morgan fingerprint density at radius 2 is 2.20 bits per heavy atom. The van der Waals surface area contributed by atoms with Crippen LogP contribution in [0.1, 0.15) is 31.5 Å². The zero-order valence-corrected chi connectivity index (χ0v) is 11.7. The maximum atomic E-state index is 12.1. The fourth-order valence-corrected chi connectivity index (χ4v) is 2.74. The van der Waals surface area contributed by atoms with Crippen molar-refractivity contribution in [1.29, 1.82) is 0 Å². The molecule has 1 heterocycles. The average molecular weight is 279 g/mol. The van der Waals surface area contributed by atoms with Crippen LogP contribution in [0.15, 0.2) is 12.4 Å². The first-order valence-electron chi connectivity index (χ1n) is 7.06. The largest absolute Gasteiger partial charge is 0.481 e. The first-order valence-corrected chi connectivity index (χ1v) is 7.06. The van der Waals surface area contributed by atoms with E-state index in [0.29, 0.717) is 25.9 Å². The molecule has 1 aromatic rings. The van der Waals surface area contributed by atoms with Crippen molar-refractivity contribution in [3.8, 4) is 0 Å². The van der Waals surface area contributed by atoms with Crippen LogP contribution in [0.5, 0.6) is 0 Å². The number of nitrogens with one attached hydrogen (secondary N) is 1. The number of aliphatic carboxylic acids is 1. The van der Waals surface area contributed by atoms with Gasteiger partial charge in [-0.05, 0) is 26.2 Å². The number of carbonyl (C=O) groups excluding carboxylic acids is 1. The van der Waals surface area contributed by atoms with Gasteiger partial charge >= 0.3 is 5.97 Å². The molecule has 1 aliphatic carbocycles. The molecule has 2 atom stereocenters. The summed E-state index contributed by atoms with van der Waals surface area (Å²) >= 11 is 0. The maximum absolute atomic E-state index is 12.1. The summed E-state index contributed by atoms with van der Waals surface area (Å²) < 4.78 is 1.97. The highest BCUT2D eigenvalue weighted by molar-refractivity contribution is 5.80. The lowest BCUT2D eigenvalue weighted by atomic mass is 9.81. The quantitative estimate of drug-likeness (QED) is 0.848. The topological polar surface area (TPSA) is 84.2 Å². The van der Waals surface area contributed by atoms with Gasteiger partial charge in [0.2, 0.25) is 5.91 Å². The number of hydrogen-bond donors (Lipinski definition) is 2. The van der Waals surface area contributed by atoms with Crippen LogP contribution in [-0.2, 0) is 16.1 Å². The number of carbonyl (C=O) groups is 2. The molecule has 6 nitrogen and oxygen atoms in total. The third kappa shape index (κ3) is 3.59. The van der Waals surface area contributed by atoms with Gasteiger partial charge in [-0.3, -0.25) is 9.59 Å². The third-order valence-corrected chi connectivity index (χ3v) is 3.97. The number of imidazole rings is 1. The van der Waals surface area contributed by atoms with Crippen molar-refractivity contribution in [2.24, 2.45) is 11.8 Å². The van der Waals surface area contributed by atoms with Crippen molar-refractivity contribution in [3.63, 3.8) is 0 Å². The number of amides is 1. The number of carboxylic acids is 1. The van der Waals surface area contributed by atoms with E-state index in [2.05, 4.69) is 10.3 Å². The lowest BCUT2D eigenvalue weighted by molar-refractivity contribution is -0.144. The molecule has 0 spiro atoms. The number of nitrogens with zero attached hydrogens (tertiary/aromatic N) is 2. The second-order valence-corrected chi connectivity index (χ2v) is 5.36. The molecule has 110 valence electrons. The molecule has 1 saturated carbocycles. The summed E-state index contributed by atoms with van der Waals surface area (Å²) in [5.74, 6) is -0.405. The first kappa shape index (κ1) is 14.6. The lowest BCUT2D eigenvalue weighted by Gasteiger charge is -2.25. The van der Waals surface area contributed by atoms with E-state index in [0.717, 1.165) is 18.7 Å². The number of rotatable bonds is 5. The van der Waals surface area contributed by atoms with Gasteiger partial charge in [0.25, 0.3) is 0 Å². The van der Waals surface area contributed by atoms with E-state index in [1.54, 1.807) is 6.20 Å². The summed E-state index contributed by atoms with van der Waals surface area (Å²) in [6, 6.07) is 0. The Bertz CT molecular complexity index is 484. The molecule has 1 aliphatic rings. The molecule has 6 heteroatoms. The fraction of sp³-hybridized carbons (Fsp3) is 0.643. The van der Waals surface area contributed by atoms with Gasteiger partial charge in [0.1, 0.15) is 5.82 Å². The monoisotopic (exact) mass is 279 g/mol. The first-order chi connectivity index (χ1) is 9.58. The summed E-state index contributed by atoms with van der Waals surface area (Å²) in [6.45, 7) is 3.15. The van der Waals surface area contributed by atoms with Gasteiger partial charge in [-0.25, -0.2) is 4.98 Å². The minimum atomic E-state index is -0.781. The fourth-order valence-electron chi connectivity index (χ4n) is 2.74. The van der Waals surface area contributed by atoms with E-state index >= 15 is 0 Å². The second kappa shape index (κ2) is 6.54. The highest BCUT2D eigenvalue weighted by atomic mass is 16.4. The van der Waals surface area contributed by atoms with Crippen LogP contribution in [0.4, 0.5) is 0 Å². The summed E-state index contributed by atoms with van der Waals surface area (Å²) in [6.07, 6.45) is 6.37. The van der Waals surface area contributed by atoms with Gasteiger partial charge in [-0.15, -0.1) is 0 Å². The van der Waals surface area contributed by atoms with Crippen LogP contribution in [-0.4, -0.2) is 33.1 Å². The van der Waals surface area contributed by atoms with E-state index in [-0.39, 0.29) is 17.7 Å². The molecule has 0 bridgehead atoms. The highest BCUT2D eigenvalue weighted by Gasteiger charge is 2.30. The molecule has 2 unspecified atom stereocenters. The van der Waals surface area contributed by atoms with Gasteiger partial charge in [-0.1, -0.05) is 6.42 Å². The van der Waals surface area contributed by atoms with Crippen molar-refractivity contribution in [3.05, 3.63) is 18.2 Å². The van der Waals surface area contributed by atoms with Gasteiger partial charge in [0.05, 0.1) is 5.92 Å². The standard InChI is InChI=1S/C14H21N3O3/c1-10-15-5-7-17(10)8-6-16-13(18)11-3-2-4-12(9-11)14(19)20/h5,7,11-12H,2-4,6,8-9H2,1H3,(H,16,18)(H,19,20). The Morgan fingerprint density at radius 1 is 1.45 bits per heavy atom. The SMILES string of the molecule is Cc1nccn1CCNC(=O)C1CCCC(C(=O)O)C1. The Balaban J connectivity index is 1.77. The van der Waals surface area contributed by atoms with Crippen molar-refractivity contribution in [2.75, 3.05) is 6.54 Å². The molecular formula is C14H21N3O3. The predicted molar refractivity (Wildman–Crippen MR) is 73.1 cm³/mol. The number of aromatic nitrogens is 2. The molecule has 20 heavy (non-hydrogen) atoms. The van der Waals surface area contributed by atoms with E-state index in [9.17, 15) is 9.59 Å². The van der Waals surface area contributed by atoms with E-state index in [1.807, 2.05) is 17.7 Å². The van der Waals surface area contributed by atoms with Gasteiger partial charge in [-0.2, -0.15) is 0 Å². The van der Waals surface area contributed by atoms with Crippen LogP contribution < -0.4 is 5.32 Å². The number of carboxylic acid groups (broad SMARTS) is 1. The second-order valence-electron chi connectivity index (χ2n) is 5.36. The predicted octanol–water partition coefficient (Wildman–Crippen LogP) is 1.20. The van der Waals surface area contributed by atoms with Crippen LogP contribution in [0.2, 0.25) is 0 Å². The van der Waals surface area contributed by atoms with Gasteiger partial charge in [0, 0.05) is 31.4 Å². The smallest absolute Gasteiger partial charge is 0.306 e. The van der Waals surface area contributed by atoms with E-state index in [4.69, 9.17) is 5.11 Å². The average Bonchev–Trinajstić information content (AvgIpc) is 2.84. The molecule has 0 aromatic carbocycles. The molecule has 1 aromatic heterocycles. The van der Waals surface area contributed by atoms with Gasteiger partial charge < -0.3 is 15.0 Å². The maximum Gasteiger partial charge on any atom is 0.306 e. The van der Waals surface area contributed by atoms with Crippen molar-refractivity contribution in [1.82, 2.24) is 14.9 Å². The van der Waals surface area contributed by atoms with Crippen LogP contribution >= 0.6 is 0 Å². The Hall–Kier alpha value is -1.85. The summed E-state index contributed by atoms with van der Waals surface area (Å²) in [5, 5.41) is 11.9. The molecule has 0 radical (unpaired) electrons. The minimum absolute atomic E-state index is 0.0197. The molecule has 1 amide bonds. The normalized spacial score (nSPS) is 22.4. The van der Waals surface area contributed by atoms with E-state index < -0.39 is 5.97 Å². The number of aryl methyl sites for hydroxylation is 1. The molecule has 0 aliphatic heterocycles. The molecule has 2 rings (SSSR count). The zero-order chi connectivity index (χ0) is 14.5. The number of hydrogen-bond acceptors (Lipinski definition) is 3. The Morgan fingerprint density at radius 3 is 2.85 bits per heavy atom. The molecular weight excluding hydrogens is 258 g/mol. The van der Waals surface area contributed by atoms with Crippen molar-refractivity contribution in [2.45, 2.75) is 39.2 Å². The summed E-state index contributed by atoms with van der Waals surface area (Å²) in [7, 11) is 0. The molecule has 0 saturated heterocycles. The summed E-state index contributed by atoms with van der Waals surface area (Å²) in [5.41, 5.74) is 0.